The number of hydrogen-bond donors (Lipinski definition) is 2. The number of guanidine groups is 1. The van der Waals surface area contributed by atoms with E-state index in [1.165, 1.54) is 24.0 Å². The molecule has 0 radical (unpaired) electrons. The summed E-state index contributed by atoms with van der Waals surface area (Å²) < 4.78 is 5.59. The van der Waals surface area contributed by atoms with Gasteiger partial charge in [0.1, 0.15) is 5.75 Å². The molecule has 1 amide bonds. The zero-order chi connectivity index (χ0) is 22.2. The van der Waals surface area contributed by atoms with Crippen LogP contribution in [0.15, 0.2) is 23.2 Å². The zero-order valence-corrected chi connectivity index (χ0v) is 22.3. The van der Waals surface area contributed by atoms with E-state index in [1.54, 1.807) is 0 Å². The summed E-state index contributed by atoms with van der Waals surface area (Å²) >= 11 is 0. The number of carbonyl (C=O) groups excluding carboxylic acids is 1. The Balaban J connectivity index is 0.00000306. The van der Waals surface area contributed by atoms with Gasteiger partial charge in [-0.1, -0.05) is 25.0 Å². The number of aliphatic imine (C=N–C) groups is 1. The smallest absolute Gasteiger partial charge is 0.225 e. The summed E-state index contributed by atoms with van der Waals surface area (Å²) in [6.07, 6.45) is 6.61. The average molecular weight is 570 g/mol. The lowest BCUT2D eigenvalue weighted by Crippen LogP contribution is -2.50. The van der Waals surface area contributed by atoms with Crippen LogP contribution in [-0.4, -0.2) is 80.6 Å². The van der Waals surface area contributed by atoms with E-state index in [0.717, 1.165) is 96.4 Å². The zero-order valence-electron chi connectivity index (χ0n) is 20.0. The maximum absolute atomic E-state index is 12.6. The molecule has 2 aliphatic heterocycles. The third kappa shape index (κ3) is 7.47. The number of nitrogens with zero attached hydrogens (tertiary/aromatic N) is 3. The fourth-order valence-corrected chi connectivity index (χ4v) is 4.99. The molecule has 1 saturated heterocycles. The summed E-state index contributed by atoms with van der Waals surface area (Å²) in [5.74, 6) is 2.62. The van der Waals surface area contributed by atoms with Gasteiger partial charge in [0, 0.05) is 58.2 Å². The molecule has 1 saturated carbocycles. The predicted molar refractivity (Wildman–Crippen MR) is 144 cm³/mol. The average Bonchev–Trinajstić information content (AvgIpc) is 3.51. The fourth-order valence-electron chi connectivity index (χ4n) is 4.99. The van der Waals surface area contributed by atoms with Crippen LogP contribution in [0.1, 0.15) is 43.7 Å². The van der Waals surface area contributed by atoms with Crippen molar-refractivity contribution in [1.82, 2.24) is 20.4 Å². The van der Waals surface area contributed by atoms with E-state index in [-0.39, 0.29) is 24.0 Å². The van der Waals surface area contributed by atoms with Gasteiger partial charge in [0.25, 0.3) is 0 Å². The Morgan fingerprint density at radius 3 is 2.70 bits per heavy atom. The lowest BCUT2D eigenvalue weighted by atomic mass is 10.1. The van der Waals surface area contributed by atoms with Crippen LogP contribution >= 0.6 is 24.0 Å². The number of nitrogens with one attached hydrogen (secondary N) is 2. The number of hydrogen-bond acceptors (Lipinski definition) is 4. The van der Waals surface area contributed by atoms with Crippen molar-refractivity contribution >= 4 is 35.8 Å². The van der Waals surface area contributed by atoms with Crippen LogP contribution in [0.25, 0.3) is 0 Å². The SMILES string of the molecule is CCNC(=NCCN1CCN(C(=O)C2CCCC2)CC1)NCCc1ccc2c(c1)CCO2.I. The molecule has 1 aromatic carbocycles. The standard InChI is InChI=1S/C25H39N5O2.HI/c1-2-26-25(27-11-9-20-7-8-23-22(19-20)10-18-32-23)28-12-13-29-14-16-30(17-15-29)24(31)21-5-3-4-6-21;/h7-8,19,21H,2-6,9-18H2,1H3,(H2,26,27,28);1H. The third-order valence-electron chi connectivity index (χ3n) is 6.88. The summed E-state index contributed by atoms with van der Waals surface area (Å²) in [7, 11) is 0. The van der Waals surface area contributed by atoms with Crippen molar-refractivity contribution in [2.45, 2.75) is 45.4 Å². The Bertz CT molecular complexity index is 789. The molecule has 2 N–H and O–H groups in total. The van der Waals surface area contributed by atoms with Gasteiger partial charge in [0.2, 0.25) is 5.91 Å². The number of amides is 1. The first kappa shape index (κ1) is 26.1. The van der Waals surface area contributed by atoms with Gasteiger partial charge in [-0.2, -0.15) is 0 Å². The van der Waals surface area contributed by atoms with Gasteiger partial charge in [-0.3, -0.25) is 14.7 Å². The highest BCUT2D eigenvalue weighted by atomic mass is 127. The van der Waals surface area contributed by atoms with Crippen molar-refractivity contribution < 1.29 is 9.53 Å². The van der Waals surface area contributed by atoms with E-state index in [2.05, 4.69) is 45.6 Å². The Labute approximate surface area is 215 Å². The molecule has 1 aromatic rings. The van der Waals surface area contributed by atoms with E-state index >= 15 is 0 Å². The van der Waals surface area contributed by atoms with Crippen molar-refractivity contribution in [3.8, 4) is 5.75 Å². The van der Waals surface area contributed by atoms with E-state index in [1.807, 2.05) is 0 Å². The molecule has 0 aromatic heterocycles. The second kappa shape index (κ2) is 13.4. The van der Waals surface area contributed by atoms with E-state index in [4.69, 9.17) is 9.73 Å². The fraction of sp³-hybridized carbons (Fsp3) is 0.680. The number of carbonyl (C=O) groups is 1. The largest absolute Gasteiger partial charge is 0.493 e. The quantitative estimate of drug-likeness (QED) is 0.287. The van der Waals surface area contributed by atoms with Gasteiger partial charge in [0.05, 0.1) is 13.2 Å². The summed E-state index contributed by atoms with van der Waals surface area (Å²) in [5.41, 5.74) is 2.66. The normalized spacial score (nSPS) is 19.1. The van der Waals surface area contributed by atoms with E-state index in [0.29, 0.717) is 11.8 Å². The highest BCUT2D eigenvalue weighted by Gasteiger charge is 2.29. The summed E-state index contributed by atoms with van der Waals surface area (Å²) in [6.45, 7) is 9.96. The van der Waals surface area contributed by atoms with E-state index < -0.39 is 0 Å². The first-order valence-electron chi connectivity index (χ1n) is 12.5. The van der Waals surface area contributed by atoms with Gasteiger partial charge >= 0.3 is 0 Å². The number of rotatable bonds is 8. The van der Waals surface area contributed by atoms with Gasteiger partial charge < -0.3 is 20.3 Å². The second-order valence-electron chi connectivity index (χ2n) is 9.13. The lowest BCUT2D eigenvalue weighted by molar-refractivity contribution is -0.137. The van der Waals surface area contributed by atoms with Gasteiger partial charge in [-0.15, -0.1) is 24.0 Å². The Morgan fingerprint density at radius 2 is 1.94 bits per heavy atom. The second-order valence-corrected chi connectivity index (χ2v) is 9.13. The molecule has 2 fully saturated rings. The third-order valence-corrected chi connectivity index (χ3v) is 6.88. The molecule has 2 heterocycles. The monoisotopic (exact) mass is 569 g/mol. The maximum Gasteiger partial charge on any atom is 0.225 e. The number of piperazine rings is 1. The minimum Gasteiger partial charge on any atom is -0.493 e. The topological polar surface area (TPSA) is 69.2 Å². The molecule has 33 heavy (non-hydrogen) atoms. The molecule has 1 aliphatic carbocycles. The first-order valence-corrected chi connectivity index (χ1v) is 12.5. The first-order chi connectivity index (χ1) is 15.7. The molecule has 4 rings (SSSR count). The highest BCUT2D eigenvalue weighted by Crippen LogP contribution is 2.27. The Morgan fingerprint density at radius 1 is 1.15 bits per heavy atom. The van der Waals surface area contributed by atoms with Crippen molar-refractivity contribution in [3.63, 3.8) is 0 Å². The predicted octanol–water partition coefficient (Wildman–Crippen LogP) is 2.67. The number of benzene rings is 1. The number of fused-ring (bicyclic) bond motifs is 1. The van der Waals surface area contributed by atoms with Crippen LogP contribution in [0.2, 0.25) is 0 Å². The molecule has 7 nitrogen and oxygen atoms in total. The van der Waals surface area contributed by atoms with Crippen LogP contribution in [0, 0.1) is 5.92 Å². The molecular weight excluding hydrogens is 529 g/mol. The van der Waals surface area contributed by atoms with Crippen LogP contribution < -0.4 is 15.4 Å². The van der Waals surface area contributed by atoms with Crippen LogP contribution in [0.3, 0.4) is 0 Å². The molecule has 0 unspecified atom stereocenters. The Kier molecular flexibility index (Phi) is 10.6. The minimum atomic E-state index is 0. The molecule has 0 bridgehead atoms. The maximum atomic E-state index is 12.6. The van der Waals surface area contributed by atoms with Crippen molar-refractivity contribution in [2.24, 2.45) is 10.9 Å². The molecule has 8 heteroatoms. The minimum absolute atomic E-state index is 0. The summed E-state index contributed by atoms with van der Waals surface area (Å²) in [4.78, 5) is 21.9. The molecule has 0 spiro atoms. The molecule has 3 aliphatic rings. The summed E-state index contributed by atoms with van der Waals surface area (Å²) in [5, 5.41) is 6.81. The molecular formula is C25H40IN5O2. The van der Waals surface area contributed by atoms with Crippen LogP contribution in [0.5, 0.6) is 5.75 Å². The number of halogens is 1. The Hall–Kier alpha value is -1.55. The van der Waals surface area contributed by atoms with Crippen molar-refractivity contribution in [1.29, 1.82) is 0 Å². The number of ether oxygens (including phenoxy) is 1. The highest BCUT2D eigenvalue weighted by molar-refractivity contribution is 14.0. The van der Waals surface area contributed by atoms with Gasteiger partial charge in [-0.25, -0.2) is 0 Å². The molecule has 184 valence electrons. The lowest BCUT2D eigenvalue weighted by Gasteiger charge is -2.35. The van der Waals surface area contributed by atoms with Gasteiger partial charge in [0.15, 0.2) is 5.96 Å². The van der Waals surface area contributed by atoms with Crippen molar-refractivity contribution in [2.75, 3.05) is 59.0 Å². The van der Waals surface area contributed by atoms with Crippen LogP contribution in [0.4, 0.5) is 0 Å². The molecule has 0 atom stereocenters. The summed E-state index contributed by atoms with van der Waals surface area (Å²) in [6, 6.07) is 6.52. The van der Waals surface area contributed by atoms with Crippen molar-refractivity contribution in [3.05, 3.63) is 29.3 Å². The van der Waals surface area contributed by atoms with Crippen LogP contribution in [-0.2, 0) is 17.6 Å². The van der Waals surface area contributed by atoms with E-state index in [9.17, 15) is 4.79 Å². The van der Waals surface area contributed by atoms with Gasteiger partial charge in [-0.05, 0) is 43.4 Å².